The van der Waals surface area contributed by atoms with E-state index in [1.54, 1.807) is 20.3 Å². The van der Waals surface area contributed by atoms with Gasteiger partial charge in [-0.15, -0.1) is 0 Å². The number of oxazole rings is 1. The summed E-state index contributed by atoms with van der Waals surface area (Å²) in [7, 11) is 3.18. The number of aromatic nitrogens is 1. The zero-order valence-electron chi connectivity index (χ0n) is 10.3. The molecule has 96 valence electrons. The van der Waals surface area contributed by atoms with E-state index in [1.165, 1.54) is 6.26 Å². The van der Waals surface area contributed by atoms with E-state index in [2.05, 4.69) is 4.98 Å². The monoisotopic (exact) mass is 249 g/mol. The van der Waals surface area contributed by atoms with Crippen LogP contribution in [0.2, 0.25) is 0 Å². The Kier molecular flexibility index (Phi) is 3.84. The predicted octanol–water partition coefficient (Wildman–Crippen LogP) is 1.89. The first-order valence-electron chi connectivity index (χ1n) is 5.55. The summed E-state index contributed by atoms with van der Waals surface area (Å²) in [5.74, 6) is 1.83. The number of methoxy groups -OCH3 is 2. The molecule has 5 nitrogen and oxygen atoms in total. The molecule has 1 aromatic carbocycles. The summed E-state index contributed by atoms with van der Waals surface area (Å²) in [6, 6.07) is 5.41. The van der Waals surface area contributed by atoms with Crippen molar-refractivity contribution in [3.8, 4) is 23.0 Å². The standard InChI is InChI=1S/C13H15NO4/c1-16-11-5-9(6-12(7-11)17-2)13-14-10(3-4-15)8-18-13/h5-8,15H,3-4H2,1-2H3. The van der Waals surface area contributed by atoms with E-state index in [0.717, 1.165) is 5.56 Å². The van der Waals surface area contributed by atoms with Crippen LogP contribution in [0.1, 0.15) is 5.69 Å². The summed E-state index contributed by atoms with van der Waals surface area (Å²) < 4.78 is 15.7. The lowest BCUT2D eigenvalue weighted by atomic mass is 10.2. The summed E-state index contributed by atoms with van der Waals surface area (Å²) in [6.07, 6.45) is 2.02. The highest BCUT2D eigenvalue weighted by molar-refractivity contribution is 5.59. The van der Waals surface area contributed by atoms with Crippen molar-refractivity contribution in [2.45, 2.75) is 6.42 Å². The Morgan fingerprint density at radius 1 is 1.17 bits per heavy atom. The zero-order chi connectivity index (χ0) is 13.0. The molecule has 1 heterocycles. The molecule has 0 atom stereocenters. The fourth-order valence-corrected chi connectivity index (χ4v) is 1.60. The maximum Gasteiger partial charge on any atom is 0.226 e. The normalized spacial score (nSPS) is 10.4. The quantitative estimate of drug-likeness (QED) is 0.876. The number of benzene rings is 1. The van der Waals surface area contributed by atoms with Gasteiger partial charge in [0.05, 0.1) is 19.9 Å². The molecule has 0 unspecified atom stereocenters. The van der Waals surface area contributed by atoms with Crippen LogP contribution in [0.4, 0.5) is 0 Å². The molecule has 2 rings (SSSR count). The van der Waals surface area contributed by atoms with Gasteiger partial charge in [-0.05, 0) is 12.1 Å². The van der Waals surface area contributed by atoms with E-state index in [4.69, 9.17) is 19.0 Å². The van der Waals surface area contributed by atoms with Crippen LogP contribution >= 0.6 is 0 Å². The summed E-state index contributed by atoms with van der Waals surface area (Å²) in [5, 5.41) is 8.84. The molecule has 0 amide bonds. The molecule has 0 aliphatic heterocycles. The molecule has 2 aromatic rings. The number of aliphatic hydroxyl groups excluding tert-OH is 1. The molecular weight excluding hydrogens is 234 g/mol. The predicted molar refractivity (Wildman–Crippen MR) is 65.8 cm³/mol. The number of hydrogen-bond acceptors (Lipinski definition) is 5. The number of rotatable bonds is 5. The first-order valence-corrected chi connectivity index (χ1v) is 5.55. The van der Waals surface area contributed by atoms with Gasteiger partial charge < -0.3 is 19.0 Å². The van der Waals surface area contributed by atoms with Crippen molar-refractivity contribution in [3.05, 3.63) is 30.2 Å². The van der Waals surface area contributed by atoms with Crippen molar-refractivity contribution < 1.29 is 19.0 Å². The highest BCUT2D eigenvalue weighted by atomic mass is 16.5. The van der Waals surface area contributed by atoms with E-state index < -0.39 is 0 Å². The molecule has 0 fully saturated rings. The molecule has 0 aliphatic rings. The molecule has 18 heavy (non-hydrogen) atoms. The SMILES string of the molecule is COc1cc(OC)cc(-c2nc(CCO)co2)c1. The van der Waals surface area contributed by atoms with E-state index >= 15 is 0 Å². The van der Waals surface area contributed by atoms with Gasteiger partial charge in [0, 0.05) is 24.7 Å². The van der Waals surface area contributed by atoms with Crippen molar-refractivity contribution in [2.75, 3.05) is 20.8 Å². The molecule has 1 aromatic heterocycles. The molecular formula is C13H15NO4. The van der Waals surface area contributed by atoms with Crippen LogP contribution in [0.25, 0.3) is 11.5 Å². The maximum atomic E-state index is 8.84. The second-order valence-corrected chi connectivity index (χ2v) is 3.72. The van der Waals surface area contributed by atoms with Crippen molar-refractivity contribution >= 4 is 0 Å². The average Bonchev–Trinajstić information content (AvgIpc) is 2.87. The van der Waals surface area contributed by atoms with Crippen molar-refractivity contribution in [2.24, 2.45) is 0 Å². The van der Waals surface area contributed by atoms with Gasteiger partial charge in [-0.25, -0.2) is 4.98 Å². The van der Waals surface area contributed by atoms with Gasteiger partial charge in [-0.2, -0.15) is 0 Å². The largest absolute Gasteiger partial charge is 0.497 e. The fraction of sp³-hybridized carbons (Fsp3) is 0.308. The number of hydrogen-bond donors (Lipinski definition) is 1. The molecule has 0 radical (unpaired) electrons. The Labute approximate surface area is 105 Å². The lowest BCUT2D eigenvalue weighted by Crippen LogP contribution is -1.91. The summed E-state index contributed by atoms with van der Waals surface area (Å²) in [6.45, 7) is 0.0490. The van der Waals surface area contributed by atoms with Crippen LogP contribution < -0.4 is 9.47 Å². The van der Waals surface area contributed by atoms with Crippen molar-refractivity contribution in [3.63, 3.8) is 0 Å². The van der Waals surface area contributed by atoms with E-state index in [1.807, 2.05) is 12.1 Å². The second-order valence-electron chi connectivity index (χ2n) is 3.72. The van der Waals surface area contributed by atoms with Crippen LogP contribution in [0, 0.1) is 0 Å². The zero-order valence-corrected chi connectivity index (χ0v) is 10.3. The van der Waals surface area contributed by atoms with Gasteiger partial charge in [0.1, 0.15) is 17.8 Å². The third-order valence-electron chi connectivity index (χ3n) is 2.52. The molecule has 5 heteroatoms. The van der Waals surface area contributed by atoms with E-state index in [-0.39, 0.29) is 6.61 Å². The van der Waals surface area contributed by atoms with Crippen LogP contribution in [0.15, 0.2) is 28.9 Å². The first-order chi connectivity index (χ1) is 8.76. The minimum atomic E-state index is 0.0490. The molecule has 0 saturated carbocycles. The highest BCUT2D eigenvalue weighted by Crippen LogP contribution is 2.29. The topological polar surface area (TPSA) is 64.7 Å². The third kappa shape index (κ3) is 2.62. The second kappa shape index (κ2) is 5.55. The molecule has 0 spiro atoms. The number of aliphatic hydroxyl groups is 1. The van der Waals surface area contributed by atoms with Gasteiger partial charge in [-0.3, -0.25) is 0 Å². The minimum absolute atomic E-state index is 0.0490. The van der Waals surface area contributed by atoms with E-state index in [9.17, 15) is 0 Å². The minimum Gasteiger partial charge on any atom is -0.497 e. The van der Waals surface area contributed by atoms with Gasteiger partial charge in [-0.1, -0.05) is 0 Å². The van der Waals surface area contributed by atoms with Gasteiger partial charge in [0.15, 0.2) is 0 Å². The first kappa shape index (κ1) is 12.4. The van der Waals surface area contributed by atoms with Gasteiger partial charge in [0.25, 0.3) is 0 Å². The van der Waals surface area contributed by atoms with Crippen LogP contribution in [0.5, 0.6) is 11.5 Å². The van der Waals surface area contributed by atoms with Gasteiger partial charge in [0.2, 0.25) is 5.89 Å². The maximum absolute atomic E-state index is 8.84. The Morgan fingerprint density at radius 2 is 1.83 bits per heavy atom. The summed E-state index contributed by atoms with van der Waals surface area (Å²) in [5.41, 5.74) is 1.49. The molecule has 1 N–H and O–H groups in total. The summed E-state index contributed by atoms with van der Waals surface area (Å²) in [4.78, 5) is 4.28. The van der Waals surface area contributed by atoms with Crippen LogP contribution in [0.3, 0.4) is 0 Å². The number of ether oxygens (including phenoxy) is 2. The fourth-order valence-electron chi connectivity index (χ4n) is 1.60. The van der Waals surface area contributed by atoms with Crippen molar-refractivity contribution in [1.82, 2.24) is 4.98 Å². The Morgan fingerprint density at radius 3 is 2.39 bits per heavy atom. The third-order valence-corrected chi connectivity index (χ3v) is 2.52. The Bertz CT molecular complexity index is 499. The smallest absolute Gasteiger partial charge is 0.226 e. The van der Waals surface area contributed by atoms with Gasteiger partial charge >= 0.3 is 0 Å². The molecule has 0 saturated heterocycles. The Balaban J connectivity index is 2.35. The average molecular weight is 249 g/mol. The molecule has 0 aliphatic carbocycles. The summed E-state index contributed by atoms with van der Waals surface area (Å²) >= 11 is 0. The number of nitrogens with zero attached hydrogens (tertiary/aromatic N) is 1. The van der Waals surface area contributed by atoms with Crippen LogP contribution in [-0.2, 0) is 6.42 Å². The van der Waals surface area contributed by atoms with Crippen LogP contribution in [-0.4, -0.2) is 30.9 Å². The van der Waals surface area contributed by atoms with E-state index in [0.29, 0.717) is 29.5 Å². The van der Waals surface area contributed by atoms with Crippen molar-refractivity contribution in [1.29, 1.82) is 0 Å². The highest BCUT2D eigenvalue weighted by Gasteiger charge is 2.10. The Hall–Kier alpha value is -2.01. The lowest BCUT2D eigenvalue weighted by Gasteiger charge is -2.05. The molecule has 0 bridgehead atoms. The lowest BCUT2D eigenvalue weighted by molar-refractivity contribution is 0.298.